The highest BCUT2D eigenvalue weighted by Crippen LogP contribution is 2.30. The maximum Gasteiger partial charge on any atom is 0.334 e. The van der Waals surface area contributed by atoms with Crippen LogP contribution in [0.4, 0.5) is 8.78 Å². The molecule has 0 fully saturated rings. The molecule has 0 radical (unpaired) electrons. The summed E-state index contributed by atoms with van der Waals surface area (Å²) in [5.74, 6) is -2.56. The smallest absolute Gasteiger partial charge is 0.334 e. The monoisotopic (exact) mass is 293 g/mol. The summed E-state index contributed by atoms with van der Waals surface area (Å²) in [5.41, 5.74) is 0.224. The highest BCUT2D eigenvalue weighted by Gasteiger charge is 2.27. The number of allylic oxidation sites excluding steroid dienone is 2. The molecule has 0 saturated heterocycles. The molecule has 0 amide bonds. The average molecular weight is 293 g/mol. The zero-order valence-electron chi connectivity index (χ0n) is 12.2. The number of hydrogen-bond donors (Lipinski definition) is 1. The molecule has 21 heavy (non-hydrogen) atoms. The topological polar surface area (TPSA) is 40.5 Å². The maximum atomic E-state index is 13.9. The molecule has 1 aromatic carbocycles. The molecule has 1 aliphatic heterocycles. The van der Waals surface area contributed by atoms with Crippen molar-refractivity contribution in [3.05, 3.63) is 53.2 Å². The summed E-state index contributed by atoms with van der Waals surface area (Å²) >= 11 is 0. The third-order valence-electron chi connectivity index (χ3n) is 3.42. The molecule has 5 heteroatoms. The molecule has 3 nitrogen and oxygen atoms in total. The SMILES string of the molecule is CC(C)(C)N1C=CC(c2ccc(F)cc2F)=C(C(=O)O)C1. The summed E-state index contributed by atoms with van der Waals surface area (Å²) in [6, 6.07) is 3.14. The normalized spacial score (nSPS) is 15.6. The molecule has 0 spiro atoms. The van der Waals surface area contributed by atoms with Gasteiger partial charge in [0.05, 0.1) is 12.1 Å². The fourth-order valence-corrected chi connectivity index (χ4v) is 2.18. The lowest BCUT2D eigenvalue weighted by Gasteiger charge is -2.37. The number of carbonyl (C=O) groups is 1. The van der Waals surface area contributed by atoms with Crippen molar-refractivity contribution in [1.82, 2.24) is 4.90 Å². The van der Waals surface area contributed by atoms with Crippen LogP contribution in [0.25, 0.3) is 5.57 Å². The Kier molecular flexibility index (Phi) is 3.85. The summed E-state index contributed by atoms with van der Waals surface area (Å²) in [7, 11) is 0. The second-order valence-electron chi connectivity index (χ2n) is 5.94. The summed E-state index contributed by atoms with van der Waals surface area (Å²) in [4.78, 5) is 13.3. The van der Waals surface area contributed by atoms with Gasteiger partial charge in [0.15, 0.2) is 0 Å². The molecule has 0 saturated carbocycles. The lowest BCUT2D eigenvalue weighted by molar-refractivity contribution is -0.132. The molecule has 2 rings (SSSR count). The van der Waals surface area contributed by atoms with Gasteiger partial charge in [0.1, 0.15) is 11.6 Å². The molecular formula is C16H17F2NO2. The van der Waals surface area contributed by atoms with E-state index in [2.05, 4.69) is 0 Å². The third-order valence-corrected chi connectivity index (χ3v) is 3.42. The molecule has 0 aliphatic carbocycles. The zero-order chi connectivity index (χ0) is 15.8. The predicted octanol–water partition coefficient (Wildman–Crippen LogP) is 3.43. The Hall–Kier alpha value is -2.17. The van der Waals surface area contributed by atoms with Crippen LogP contribution in [0.3, 0.4) is 0 Å². The van der Waals surface area contributed by atoms with Gasteiger partial charge in [-0.15, -0.1) is 0 Å². The van der Waals surface area contributed by atoms with E-state index in [1.807, 2.05) is 25.7 Å². The first-order chi connectivity index (χ1) is 9.70. The van der Waals surface area contributed by atoms with E-state index >= 15 is 0 Å². The van der Waals surface area contributed by atoms with Gasteiger partial charge in [-0.3, -0.25) is 0 Å². The second kappa shape index (κ2) is 5.31. The number of hydrogen-bond acceptors (Lipinski definition) is 2. The number of carboxylic acids is 1. The van der Waals surface area contributed by atoms with Crippen molar-refractivity contribution in [2.24, 2.45) is 0 Å². The number of aliphatic carboxylic acids is 1. The van der Waals surface area contributed by atoms with Crippen molar-refractivity contribution in [2.75, 3.05) is 6.54 Å². The molecule has 1 aliphatic rings. The quantitative estimate of drug-likeness (QED) is 0.908. The summed E-state index contributed by atoms with van der Waals surface area (Å²) in [5, 5.41) is 9.38. The molecule has 1 heterocycles. The van der Waals surface area contributed by atoms with Gasteiger partial charge in [-0.1, -0.05) is 0 Å². The minimum atomic E-state index is -1.10. The first kappa shape index (κ1) is 15.2. The molecule has 1 N–H and O–H groups in total. The van der Waals surface area contributed by atoms with E-state index in [0.717, 1.165) is 12.1 Å². The Morgan fingerprint density at radius 1 is 1.29 bits per heavy atom. The van der Waals surface area contributed by atoms with Crippen LogP contribution in [0.2, 0.25) is 0 Å². The van der Waals surface area contributed by atoms with E-state index in [1.165, 1.54) is 6.07 Å². The zero-order valence-corrected chi connectivity index (χ0v) is 12.2. The second-order valence-corrected chi connectivity index (χ2v) is 5.94. The van der Waals surface area contributed by atoms with Crippen molar-refractivity contribution in [3.63, 3.8) is 0 Å². The van der Waals surface area contributed by atoms with Crippen molar-refractivity contribution >= 4 is 11.5 Å². The Labute approximate surface area is 122 Å². The minimum Gasteiger partial charge on any atom is -0.478 e. The lowest BCUT2D eigenvalue weighted by Crippen LogP contribution is -2.40. The maximum absolute atomic E-state index is 13.9. The van der Waals surface area contributed by atoms with Crippen LogP contribution in [0.15, 0.2) is 36.0 Å². The first-order valence-corrected chi connectivity index (χ1v) is 6.57. The van der Waals surface area contributed by atoms with Crippen LogP contribution in [-0.2, 0) is 4.79 Å². The van der Waals surface area contributed by atoms with Crippen LogP contribution in [0.5, 0.6) is 0 Å². The van der Waals surface area contributed by atoms with Crippen LogP contribution < -0.4 is 0 Å². The highest BCUT2D eigenvalue weighted by molar-refractivity contribution is 6.00. The van der Waals surface area contributed by atoms with Crippen LogP contribution >= 0.6 is 0 Å². The molecule has 1 aromatic rings. The number of carboxylic acid groups (broad SMARTS) is 1. The molecule has 0 aromatic heterocycles. The first-order valence-electron chi connectivity index (χ1n) is 6.57. The van der Waals surface area contributed by atoms with Crippen LogP contribution in [0, 0.1) is 11.6 Å². The van der Waals surface area contributed by atoms with E-state index in [0.29, 0.717) is 0 Å². The van der Waals surface area contributed by atoms with E-state index in [4.69, 9.17) is 0 Å². The van der Waals surface area contributed by atoms with Gasteiger partial charge in [-0.05, 0) is 44.6 Å². The highest BCUT2D eigenvalue weighted by atomic mass is 19.1. The van der Waals surface area contributed by atoms with Gasteiger partial charge in [0.25, 0.3) is 0 Å². The molecular weight excluding hydrogens is 276 g/mol. The van der Waals surface area contributed by atoms with Gasteiger partial charge >= 0.3 is 5.97 Å². The molecule has 0 atom stereocenters. The predicted molar refractivity (Wildman–Crippen MR) is 76.5 cm³/mol. The van der Waals surface area contributed by atoms with Gasteiger partial charge in [-0.25, -0.2) is 13.6 Å². The van der Waals surface area contributed by atoms with Crippen LogP contribution in [-0.4, -0.2) is 28.1 Å². The summed E-state index contributed by atoms with van der Waals surface area (Å²) in [6.45, 7) is 6.04. The van der Waals surface area contributed by atoms with Gasteiger partial charge in [0.2, 0.25) is 0 Å². The van der Waals surface area contributed by atoms with E-state index in [9.17, 15) is 18.7 Å². The van der Waals surface area contributed by atoms with Gasteiger partial charge in [0, 0.05) is 23.4 Å². The number of nitrogens with zero attached hydrogens (tertiary/aromatic N) is 1. The standard InChI is InChI=1S/C16H17F2NO2/c1-16(2,3)19-7-6-11(13(9-19)15(20)21)12-5-4-10(17)8-14(12)18/h4-8H,9H2,1-3H3,(H,20,21). The molecule has 0 bridgehead atoms. The number of benzene rings is 1. The van der Waals surface area contributed by atoms with Gasteiger partial charge < -0.3 is 10.0 Å². The van der Waals surface area contributed by atoms with Crippen molar-refractivity contribution in [2.45, 2.75) is 26.3 Å². The largest absolute Gasteiger partial charge is 0.478 e. The fourth-order valence-electron chi connectivity index (χ4n) is 2.18. The van der Waals surface area contributed by atoms with Crippen molar-refractivity contribution in [3.8, 4) is 0 Å². The average Bonchev–Trinajstić information content (AvgIpc) is 2.37. The number of rotatable bonds is 2. The van der Waals surface area contributed by atoms with E-state index in [1.54, 1.807) is 12.3 Å². The third kappa shape index (κ3) is 3.12. The van der Waals surface area contributed by atoms with Gasteiger partial charge in [-0.2, -0.15) is 0 Å². The molecule has 0 unspecified atom stereocenters. The fraction of sp³-hybridized carbons (Fsp3) is 0.312. The number of halogens is 2. The Balaban J connectivity index is 2.50. The Bertz CT molecular complexity index is 642. The van der Waals surface area contributed by atoms with Crippen molar-refractivity contribution in [1.29, 1.82) is 0 Å². The van der Waals surface area contributed by atoms with E-state index < -0.39 is 17.6 Å². The Morgan fingerprint density at radius 3 is 2.48 bits per heavy atom. The van der Waals surface area contributed by atoms with Crippen molar-refractivity contribution < 1.29 is 18.7 Å². The lowest BCUT2D eigenvalue weighted by atomic mass is 9.94. The van der Waals surface area contributed by atoms with E-state index in [-0.39, 0.29) is 28.8 Å². The Morgan fingerprint density at radius 2 is 1.95 bits per heavy atom. The summed E-state index contributed by atoms with van der Waals surface area (Å²) < 4.78 is 26.9. The van der Waals surface area contributed by atoms with Crippen LogP contribution in [0.1, 0.15) is 26.3 Å². The minimum absolute atomic E-state index is 0.0953. The summed E-state index contributed by atoms with van der Waals surface area (Å²) in [6.07, 6.45) is 3.30. The molecule has 112 valence electrons.